The number of nitrogen functional groups attached to an aromatic ring is 1. The molecule has 0 unspecified atom stereocenters. The first-order valence-electron chi connectivity index (χ1n) is 9.57. The molecule has 8 nitrogen and oxygen atoms in total. The maximum atomic E-state index is 9.33. The van der Waals surface area contributed by atoms with Crippen LogP contribution in [0.2, 0.25) is 0 Å². The van der Waals surface area contributed by atoms with Crippen LogP contribution in [-0.2, 0) is 0 Å². The van der Waals surface area contributed by atoms with Gasteiger partial charge in [0, 0.05) is 58.0 Å². The van der Waals surface area contributed by atoms with Gasteiger partial charge in [0.2, 0.25) is 11.8 Å². The lowest BCUT2D eigenvalue weighted by atomic mass is 9.86. The van der Waals surface area contributed by atoms with E-state index in [4.69, 9.17) is 10.5 Å². The molecule has 2 fully saturated rings. The molecular weight excluding hydrogens is 332 g/mol. The topological polar surface area (TPSA) is 91.0 Å². The largest absolute Gasteiger partial charge is 0.481 e. The van der Waals surface area contributed by atoms with Crippen molar-refractivity contribution in [1.82, 2.24) is 19.8 Å². The number of hydrogen-bond acceptors (Lipinski definition) is 8. The van der Waals surface area contributed by atoms with Crippen molar-refractivity contribution in [3.63, 3.8) is 0 Å². The zero-order valence-corrected chi connectivity index (χ0v) is 16.0. The van der Waals surface area contributed by atoms with Crippen LogP contribution in [0.25, 0.3) is 0 Å². The molecular formula is C18H32N6O2. The van der Waals surface area contributed by atoms with E-state index in [0.29, 0.717) is 17.8 Å². The van der Waals surface area contributed by atoms with Gasteiger partial charge in [-0.3, -0.25) is 4.90 Å². The van der Waals surface area contributed by atoms with E-state index in [1.165, 1.54) is 0 Å². The summed E-state index contributed by atoms with van der Waals surface area (Å²) < 4.78 is 5.24. The molecule has 0 radical (unpaired) electrons. The Morgan fingerprint density at radius 3 is 2.69 bits per heavy atom. The molecule has 2 atom stereocenters. The van der Waals surface area contributed by atoms with Gasteiger partial charge in [-0.1, -0.05) is 0 Å². The highest BCUT2D eigenvalue weighted by atomic mass is 16.5. The van der Waals surface area contributed by atoms with Gasteiger partial charge < -0.3 is 25.4 Å². The Kier molecular flexibility index (Phi) is 6.50. The number of nitrogens with two attached hydrogens (primary N) is 1. The van der Waals surface area contributed by atoms with Gasteiger partial charge in [0.25, 0.3) is 0 Å². The van der Waals surface area contributed by atoms with Crippen LogP contribution in [0.15, 0.2) is 6.07 Å². The fourth-order valence-corrected chi connectivity index (χ4v) is 4.20. The van der Waals surface area contributed by atoms with Crippen molar-refractivity contribution in [2.45, 2.75) is 25.3 Å². The molecule has 0 saturated carbocycles. The summed E-state index contributed by atoms with van der Waals surface area (Å²) in [6.07, 6.45) is 2.98. The fraction of sp³-hybridized carbons (Fsp3) is 0.778. The Hall–Kier alpha value is -1.64. The lowest BCUT2D eigenvalue weighted by Gasteiger charge is -2.46. The highest BCUT2D eigenvalue weighted by molar-refractivity contribution is 5.46. The number of methoxy groups -OCH3 is 1. The minimum absolute atomic E-state index is 0.243. The fourth-order valence-electron chi connectivity index (χ4n) is 4.20. The van der Waals surface area contributed by atoms with Gasteiger partial charge >= 0.3 is 0 Å². The van der Waals surface area contributed by atoms with E-state index in [9.17, 15) is 5.11 Å². The molecule has 2 aliphatic heterocycles. The van der Waals surface area contributed by atoms with Crippen LogP contribution >= 0.6 is 0 Å². The predicted molar refractivity (Wildman–Crippen MR) is 102 cm³/mol. The summed E-state index contributed by atoms with van der Waals surface area (Å²) >= 11 is 0. The summed E-state index contributed by atoms with van der Waals surface area (Å²) in [5.74, 6) is 2.09. The lowest BCUT2D eigenvalue weighted by molar-refractivity contribution is 0.0637. The number of aromatic nitrogens is 2. The van der Waals surface area contributed by atoms with E-state index in [0.717, 1.165) is 64.3 Å². The number of piperazine rings is 1. The zero-order chi connectivity index (χ0) is 18.5. The summed E-state index contributed by atoms with van der Waals surface area (Å²) in [7, 11) is 3.78. The summed E-state index contributed by atoms with van der Waals surface area (Å²) in [6, 6.07) is 2.43. The molecule has 1 aromatic rings. The maximum Gasteiger partial charge on any atom is 0.225 e. The van der Waals surface area contributed by atoms with E-state index >= 15 is 0 Å². The quantitative estimate of drug-likeness (QED) is 0.744. The average Bonchev–Trinajstić information content (AvgIpc) is 2.66. The van der Waals surface area contributed by atoms with Crippen molar-refractivity contribution in [3.8, 4) is 5.88 Å². The van der Waals surface area contributed by atoms with Crippen LogP contribution in [-0.4, -0.2) is 90.9 Å². The summed E-state index contributed by atoms with van der Waals surface area (Å²) in [4.78, 5) is 15.8. The Bertz CT molecular complexity index is 579. The third-order valence-corrected chi connectivity index (χ3v) is 5.67. The van der Waals surface area contributed by atoms with Gasteiger partial charge in [0.1, 0.15) is 5.82 Å². The van der Waals surface area contributed by atoms with Crippen molar-refractivity contribution in [3.05, 3.63) is 6.07 Å². The molecule has 146 valence electrons. The van der Waals surface area contributed by atoms with Crippen LogP contribution < -0.4 is 15.4 Å². The van der Waals surface area contributed by atoms with Crippen molar-refractivity contribution in [2.24, 2.45) is 5.92 Å². The Morgan fingerprint density at radius 2 is 2.00 bits per heavy atom. The van der Waals surface area contributed by atoms with Crippen LogP contribution in [0.1, 0.15) is 19.3 Å². The standard InChI is InChI=1S/C18H32N6O2/c1-22-7-9-23(10-8-22)15-5-6-24(13-14(15)4-3-11-25)16-12-17(26-2)21-18(19)20-16/h12,14-15,25H,3-11,13H2,1-2H3,(H2,19,20,21)/t14-,15+/m1/s1. The highest BCUT2D eigenvalue weighted by Crippen LogP contribution is 2.30. The molecule has 0 bridgehead atoms. The maximum absolute atomic E-state index is 9.33. The first-order chi connectivity index (χ1) is 12.6. The van der Waals surface area contributed by atoms with E-state index < -0.39 is 0 Å². The number of likely N-dealkylation sites (N-methyl/N-ethyl adjacent to an activating group) is 1. The lowest BCUT2D eigenvalue weighted by Crippen LogP contribution is -2.56. The van der Waals surface area contributed by atoms with Gasteiger partial charge in [-0.05, 0) is 32.2 Å². The summed E-state index contributed by atoms with van der Waals surface area (Å²) in [5.41, 5.74) is 5.84. The van der Waals surface area contributed by atoms with E-state index in [1.807, 2.05) is 6.07 Å². The smallest absolute Gasteiger partial charge is 0.225 e. The van der Waals surface area contributed by atoms with Crippen molar-refractivity contribution < 1.29 is 9.84 Å². The summed E-state index contributed by atoms with van der Waals surface area (Å²) in [5, 5.41) is 9.33. The molecule has 0 aliphatic carbocycles. The number of aliphatic hydroxyl groups is 1. The van der Waals surface area contributed by atoms with E-state index in [-0.39, 0.29) is 12.6 Å². The Morgan fingerprint density at radius 1 is 1.23 bits per heavy atom. The number of aliphatic hydroxyl groups excluding tert-OH is 1. The van der Waals surface area contributed by atoms with E-state index in [1.54, 1.807) is 7.11 Å². The normalized spacial score (nSPS) is 25.4. The molecule has 8 heteroatoms. The third kappa shape index (κ3) is 4.55. The molecule has 3 rings (SSSR count). The SMILES string of the molecule is COc1cc(N2CC[C@H](N3CCN(C)CC3)[C@H](CCCO)C2)nc(N)n1. The first kappa shape index (κ1) is 19.1. The molecule has 2 saturated heterocycles. The van der Waals surface area contributed by atoms with Crippen molar-refractivity contribution >= 4 is 11.8 Å². The van der Waals surface area contributed by atoms with Gasteiger partial charge in [0.05, 0.1) is 7.11 Å². The molecule has 26 heavy (non-hydrogen) atoms. The monoisotopic (exact) mass is 364 g/mol. The van der Waals surface area contributed by atoms with E-state index in [2.05, 4.69) is 31.7 Å². The first-order valence-corrected chi connectivity index (χ1v) is 9.57. The number of piperidine rings is 1. The Labute approximate surface area is 155 Å². The molecule has 0 amide bonds. The summed E-state index contributed by atoms with van der Waals surface area (Å²) in [6.45, 7) is 6.65. The molecule has 0 aromatic carbocycles. The van der Waals surface area contributed by atoms with Crippen molar-refractivity contribution in [2.75, 3.05) is 70.7 Å². The van der Waals surface area contributed by atoms with Crippen LogP contribution in [0.4, 0.5) is 11.8 Å². The second-order valence-corrected chi connectivity index (χ2v) is 7.39. The third-order valence-electron chi connectivity index (χ3n) is 5.67. The molecule has 3 N–H and O–H groups in total. The highest BCUT2D eigenvalue weighted by Gasteiger charge is 2.34. The number of rotatable bonds is 6. The number of anilines is 2. The predicted octanol–water partition coefficient (Wildman–Crippen LogP) is 0.282. The second kappa shape index (κ2) is 8.83. The molecule has 0 spiro atoms. The van der Waals surface area contributed by atoms with Crippen LogP contribution in [0.5, 0.6) is 5.88 Å². The second-order valence-electron chi connectivity index (χ2n) is 7.39. The average molecular weight is 364 g/mol. The van der Waals surface area contributed by atoms with Crippen molar-refractivity contribution in [1.29, 1.82) is 0 Å². The molecule has 1 aromatic heterocycles. The van der Waals surface area contributed by atoms with Crippen LogP contribution in [0, 0.1) is 5.92 Å². The van der Waals surface area contributed by atoms with Gasteiger partial charge in [0.15, 0.2) is 0 Å². The van der Waals surface area contributed by atoms with Gasteiger partial charge in [-0.15, -0.1) is 0 Å². The zero-order valence-electron chi connectivity index (χ0n) is 16.0. The minimum atomic E-state index is 0.243. The molecule has 2 aliphatic rings. The minimum Gasteiger partial charge on any atom is -0.481 e. The van der Waals surface area contributed by atoms with Gasteiger partial charge in [-0.25, -0.2) is 0 Å². The van der Waals surface area contributed by atoms with Crippen LogP contribution in [0.3, 0.4) is 0 Å². The number of ether oxygens (including phenoxy) is 1. The Balaban J connectivity index is 1.72. The number of hydrogen-bond donors (Lipinski definition) is 2. The molecule has 3 heterocycles. The van der Waals surface area contributed by atoms with Gasteiger partial charge in [-0.2, -0.15) is 9.97 Å². The number of nitrogens with zero attached hydrogens (tertiary/aromatic N) is 5.